The summed E-state index contributed by atoms with van der Waals surface area (Å²) in [7, 11) is 0. The second-order valence-electron chi connectivity index (χ2n) is 9.16. The maximum absolute atomic E-state index is 12.7. The van der Waals surface area contributed by atoms with Crippen LogP contribution in [0.15, 0.2) is 78.4 Å². The zero-order valence-electron chi connectivity index (χ0n) is 20.9. The second-order valence-corrected chi connectivity index (χ2v) is 10.0. The van der Waals surface area contributed by atoms with E-state index < -0.39 is 23.3 Å². The quantitative estimate of drug-likeness (QED) is 0.290. The number of aromatic nitrogens is 2. The zero-order valence-corrected chi connectivity index (χ0v) is 21.7. The Bertz CT molecular complexity index is 1450. The minimum atomic E-state index is -0.858. The number of benzene rings is 2. The summed E-state index contributed by atoms with van der Waals surface area (Å²) in [4.78, 5) is 44.7. The van der Waals surface area contributed by atoms with Crippen LogP contribution < -0.4 is 16.4 Å². The highest BCUT2D eigenvalue weighted by Crippen LogP contribution is 2.29. The van der Waals surface area contributed by atoms with Crippen molar-refractivity contribution in [1.82, 2.24) is 15.3 Å². The SMILES string of the molecule is CC(C)(COC(N)=O)c1cccc(C(=O)NCC(=O)Nc2nc(-c3cccc(-c4ccncc4)c3)cs2)c1. The summed E-state index contributed by atoms with van der Waals surface area (Å²) in [5.74, 6) is -0.794. The average Bonchev–Trinajstić information content (AvgIpc) is 3.40. The number of primary amides is 1. The van der Waals surface area contributed by atoms with Crippen molar-refractivity contribution in [2.24, 2.45) is 5.73 Å². The molecule has 38 heavy (non-hydrogen) atoms. The molecule has 0 saturated heterocycles. The predicted molar refractivity (Wildman–Crippen MR) is 147 cm³/mol. The number of hydrogen-bond donors (Lipinski definition) is 3. The number of rotatable bonds is 9. The number of nitrogens with one attached hydrogen (secondary N) is 2. The van der Waals surface area contributed by atoms with E-state index in [2.05, 4.69) is 20.6 Å². The lowest BCUT2D eigenvalue weighted by molar-refractivity contribution is -0.115. The molecule has 4 aromatic rings. The maximum atomic E-state index is 12.7. The van der Waals surface area contributed by atoms with Gasteiger partial charge < -0.3 is 21.1 Å². The molecule has 3 amide bonds. The second kappa shape index (κ2) is 11.7. The number of nitrogens with zero attached hydrogens (tertiary/aromatic N) is 2. The molecule has 0 atom stereocenters. The van der Waals surface area contributed by atoms with E-state index >= 15 is 0 Å². The number of nitrogens with two attached hydrogens (primary N) is 1. The van der Waals surface area contributed by atoms with Crippen LogP contribution in [0, 0.1) is 0 Å². The summed E-state index contributed by atoms with van der Waals surface area (Å²) in [5, 5.41) is 7.67. The third-order valence-corrected chi connectivity index (χ3v) is 6.57. The van der Waals surface area contributed by atoms with E-state index in [1.807, 2.05) is 61.7 Å². The highest BCUT2D eigenvalue weighted by atomic mass is 32.1. The van der Waals surface area contributed by atoms with Crippen LogP contribution in [0.1, 0.15) is 29.8 Å². The fraction of sp³-hybridized carbons (Fsp3) is 0.179. The van der Waals surface area contributed by atoms with Gasteiger partial charge in [-0.05, 0) is 47.0 Å². The van der Waals surface area contributed by atoms with Crippen LogP contribution in [0.4, 0.5) is 9.93 Å². The van der Waals surface area contributed by atoms with Gasteiger partial charge in [0.1, 0.15) is 6.61 Å². The van der Waals surface area contributed by atoms with Crippen molar-refractivity contribution >= 4 is 34.4 Å². The minimum Gasteiger partial charge on any atom is -0.449 e. The molecule has 2 aromatic carbocycles. The van der Waals surface area contributed by atoms with Crippen molar-refractivity contribution in [3.05, 3.63) is 89.6 Å². The van der Waals surface area contributed by atoms with Gasteiger partial charge in [-0.25, -0.2) is 9.78 Å². The summed E-state index contributed by atoms with van der Waals surface area (Å²) in [6.07, 6.45) is 2.64. The van der Waals surface area contributed by atoms with Gasteiger partial charge in [-0.2, -0.15) is 0 Å². The largest absolute Gasteiger partial charge is 0.449 e. The van der Waals surface area contributed by atoms with Gasteiger partial charge in [0.2, 0.25) is 5.91 Å². The van der Waals surface area contributed by atoms with Crippen molar-refractivity contribution in [3.63, 3.8) is 0 Å². The standard InChI is InChI=1S/C28H27N5O4S/c1-28(2,17-37-26(29)36)22-8-4-7-21(14-22)25(35)31-15-24(34)33-27-32-23(16-38-27)20-6-3-5-19(13-20)18-9-11-30-12-10-18/h3-14,16H,15,17H2,1-2H3,(H2,29,36)(H,31,35)(H,32,33,34). The van der Waals surface area contributed by atoms with Crippen LogP contribution in [0.25, 0.3) is 22.4 Å². The van der Waals surface area contributed by atoms with Crippen molar-refractivity contribution in [2.75, 3.05) is 18.5 Å². The zero-order chi connectivity index (χ0) is 27.1. The highest BCUT2D eigenvalue weighted by Gasteiger charge is 2.23. The number of pyridine rings is 1. The van der Waals surface area contributed by atoms with Gasteiger partial charge >= 0.3 is 6.09 Å². The van der Waals surface area contributed by atoms with E-state index in [0.717, 1.165) is 27.9 Å². The van der Waals surface area contributed by atoms with Crippen LogP contribution in [0.2, 0.25) is 0 Å². The number of thiazole rings is 1. The van der Waals surface area contributed by atoms with Crippen LogP contribution in [0.5, 0.6) is 0 Å². The summed E-state index contributed by atoms with van der Waals surface area (Å²) < 4.78 is 4.93. The Labute approximate surface area is 224 Å². The Morgan fingerprint density at radius 2 is 1.71 bits per heavy atom. The molecule has 0 fully saturated rings. The van der Waals surface area contributed by atoms with Gasteiger partial charge in [0, 0.05) is 34.3 Å². The lowest BCUT2D eigenvalue weighted by atomic mass is 9.84. The van der Waals surface area contributed by atoms with E-state index in [4.69, 9.17) is 10.5 Å². The number of amides is 3. The first-order valence-electron chi connectivity index (χ1n) is 11.8. The third kappa shape index (κ3) is 6.80. The Balaban J connectivity index is 1.34. The van der Waals surface area contributed by atoms with Crippen LogP contribution in [-0.2, 0) is 14.9 Å². The van der Waals surface area contributed by atoms with E-state index in [1.165, 1.54) is 11.3 Å². The molecule has 0 spiro atoms. The maximum Gasteiger partial charge on any atom is 0.404 e. The fourth-order valence-corrected chi connectivity index (χ4v) is 4.44. The molecule has 0 radical (unpaired) electrons. The molecule has 2 aromatic heterocycles. The molecule has 0 aliphatic carbocycles. The highest BCUT2D eigenvalue weighted by molar-refractivity contribution is 7.14. The van der Waals surface area contributed by atoms with E-state index in [0.29, 0.717) is 10.7 Å². The van der Waals surface area contributed by atoms with Crippen molar-refractivity contribution in [3.8, 4) is 22.4 Å². The van der Waals surface area contributed by atoms with Gasteiger partial charge in [-0.1, -0.05) is 44.2 Å². The number of anilines is 1. The van der Waals surface area contributed by atoms with Gasteiger partial charge in [0.05, 0.1) is 12.2 Å². The predicted octanol–water partition coefficient (Wildman–Crippen LogP) is 4.61. The van der Waals surface area contributed by atoms with Crippen molar-refractivity contribution in [2.45, 2.75) is 19.3 Å². The lowest BCUT2D eigenvalue weighted by Crippen LogP contribution is -2.33. The molecule has 0 bridgehead atoms. The number of carbonyl (C=O) groups is 3. The molecule has 10 heteroatoms. The number of ether oxygens (including phenoxy) is 1. The molecule has 194 valence electrons. The van der Waals surface area contributed by atoms with Crippen LogP contribution in [0.3, 0.4) is 0 Å². The molecule has 0 unspecified atom stereocenters. The summed E-state index contributed by atoms with van der Waals surface area (Å²) >= 11 is 1.31. The molecule has 0 saturated carbocycles. The van der Waals surface area contributed by atoms with Crippen LogP contribution >= 0.6 is 11.3 Å². The molecule has 0 aliphatic rings. The first-order chi connectivity index (χ1) is 18.2. The molecule has 2 heterocycles. The Morgan fingerprint density at radius 1 is 0.974 bits per heavy atom. The first-order valence-corrected chi connectivity index (χ1v) is 12.7. The minimum absolute atomic E-state index is 0.0691. The third-order valence-electron chi connectivity index (χ3n) is 5.81. The summed E-state index contributed by atoms with van der Waals surface area (Å²) in [6.45, 7) is 3.60. The van der Waals surface area contributed by atoms with Crippen molar-refractivity contribution in [1.29, 1.82) is 0 Å². The monoisotopic (exact) mass is 529 g/mol. The Kier molecular flexibility index (Phi) is 8.12. The van der Waals surface area contributed by atoms with Gasteiger partial charge in [0.15, 0.2) is 5.13 Å². The van der Waals surface area contributed by atoms with E-state index in [-0.39, 0.29) is 13.2 Å². The van der Waals surface area contributed by atoms with Gasteiger partial charge in [0.25, 0.3) is 5.91 Å². The van der Waals surface area contributed by atoms with Crippen molar-refractivity contribution < 1.29 is 19.1 Å². The molecular weight excluding hydrogens is 502 g/mol. The number of hydrogen-bond acceptors (Lipinski definition) is 7. The molecule has 0 aliphatic heterocycles. The lowest BCUT2D eigenvalue weighted by Gasteiger charge is -2.24. The molecule has 9 nitrogen and oxygen atoms in total. The Morgan fingerprint density at radius 3 is 2.47 bits per heavy atom. The van der Waals surface area contributed by atoms with Gasteiger partial charge in [-0.3, -0.25) is 14.6 Å². The molecule has 4 N–H and O–H groups in total. The van der Waals surface area contributed by atoms with E-state index in [1.54, 1.807) is 30.6 Å². The smallest absolute Gasteiger partial charge is 0.404 e. The molecular formula is C28H27N5O4S. The summed E-state index contributed by atoms with van der Waals surface area (Å²) in [5.41, 5.74) is 9.45. The van der Waals surface area contributed by atoms with Gasteiger partial charge in [-0.15, -0.1) is 11.3 Å². The number of carbonyl (C=O) groups excluding carboxylic acids is 3. The first kappa shape index (κ1) is 26.5. The molecule has 4 rings (SSSR count). The van der Waals surface area contributed by atoms with Crippen LogP contribution in [-0.4, -0.2) is 41.0 Å². The summed E-state index contributed by atoms with van der Waals surface area (Å²) in [6, 6.07) is 18.8. The normalized spacial score (nSPS) is 11.0. The Hall–Kier alpha value is -4.57. The topological polar surface area (TPSA) is 136 Å². The fourth-order valence-electron chi connectivity index (χ4n) is 3.71. The van der Waals surface area contributed by atoms with E-state index in [9.17, 15) is 14.4 Å². The average molecular weight is 530 g/mol.